The van der Waals surface area contributed by atoms with E-state index in [4.69, 9.17) is 11.6 Å². The Hall–Kier alpha value is -2.01. The van der Waals surface area contributed by atoms with Gasteiger partial charge < -0.3 is 0 Å². The van der Waals surface area contributed by atoms with Crippen molar-refractivity contribution >= 4 is 22.8 Å². The average molecular weight is 294 g/mol. The van der Waals surface area contributed by atoms with Crippen LogP contribution in [0.1, 0.15) is 11.5 Å². The summed E-state index contributed by atoms with van der Waals surface area (Å²) in [5.41, 5.74) is 1.87. The lowest BCUT2D eigenvalue weighted by Gasteiger charge is -2.08. The van der Waals surface area contributed by atoms with Crippen molar-refractivity contribution in [3.8, 4) is 5.69 Å². The number of hydrogen-bond donors (Lipinski definition) is 0. The fourth-order valence-electron chi connectivity index (χ4n) is 2.11. The fourth-order valence-corrected chi connectivity index (χ4v) is 2.29. The predicted molar refractivity (Wildman–Crippen MR) is 73.1 cm³/mol. The zero-order valence-corrected chi connectivity index (χ0v) is 11.3. The maximum atomic E-state index is 14.0. The Morgan fingerprint density at radius 2 is 1.95 bits per heavy atom. The third-order valence-electron chi connectivity index (χ3n) is 3.00. The van der Waals surface area contributed by atoms with Crippen LogP contribution in [0.5, 0.6) is 0 Å². The van der Waals surface area contributed by atoms with E-state index < -0.39 is 11.6 Å². The molecular weight excluding hydrogens is 284 g/mol. The molecule has 0 atom stereocenters. The molecule has 0 aliphatic rings. The normalized spacial score (nSPS) is 11.2. The highest BCUT2D eigenvalue weighted by molar-refractivity contribution is 6.16. The van der Waals surface area contributed by atoms with Gasteiger partial charge in [-0.1, -0.05) is 6.07 Å². The molecule has 0 unspecified atom stereocenters. The van der Waals surface area contributed by atoms with Gasteiger partial charge >= 0.3 is 0 Å². The van der Waals surface area contributed by atoms with Gasteiger partial charge in [0.2, 0.25) is 0 Å². The van der Waals surface area contributed by atoms with Gasteiger partial charge in [0.05, 0.1) is 11.6 Å². The quantitative estimate of drug-likeness (QED) is 0.674. The second-order valence-corrected chi connectivity index (χ2v) is 4.63. The van der Waals surface area contributed by atoms with Crippen molar-refractivity contribution in [2.75, 3.05) is 0 Å². The van der Waals surface area contributed by atoms with E-state index in [-0.39, 0.29) is 11.6 Å². The average Bonchev–Trinajstić information content (AvgIpc) is 2.79. The molecule has 0 fully saturated rings. The lowest BCUT2D eigenvalue weighted by atomic mass is 10.3. The highest BCUT2D eigenvalue weighted by Crippen LogP contribution is 2.24. The Labute approximate surface area is 118 Å². The molecule has 2 heterocycles. The van der Waals surface area contributed by atoms with Gasteiger partial charge in [0.15, 0.2) is 17.3 Å². The van der Waals surface area contributed by atoms with Crippen LogP contribution >= 0.6 is 11.6 Å². The Balaban J connectivity index is 2.39. The first-order chi connectivity index (χ1) is 9.61. The summed E-state index contributed by atoms with van der Waals surface area (Å²) in [4.78, 5) is 8.64. The van der Waals surface area contributed by atoms with Crippen molar-refractivity contribution in [3.63, 3.8) is 0 Å². The molecular formula is C14H10ClF2N3. The van der Waals surface area contributed by atoms with Crippen LogP contribution in [0.3, 0.4) is 0 Å². The molecule has 3 rings (SSSR count). The minimum atomic E-state index is -0.943. The second kappa shape index (κ2) is 4.83. The summed E-state index contributed by atoms with van der Waals surface area (Å²) in [7, 11) is 0. The molecule has 0 N–H and O–H groups in total. The number of benzene rings is 1. The monoisotopic (exact) mass is 293 g/mol. The fraction of sp³-hybridized carbons (Fsp3) is 0.143. The van der Waals surface area contributed by atoms with Gasteiger partial charge in [0.25, 0.3) is 0 Å². The summed E-state index contributed by atoms with van der Waals surface area (Å²) in [6.07, 6.45) is 0. The highest BCUT2D eigenvalue weighted by atomic mass is 35.5. The molecule has 102 valence electrons. The zero-order chi connectivity index (χ0) is 14.3. The summed E-state index contributed by atoms with van der Waals surface area (Å²) in [6.45, 7) is 1.82. The number of rotatable bonds is 2. The van der Waals surface area contributed by atoms with E-state index in [1.54, 1.807) is 12.1 Å². The van der Waals surface area contributed by atoms with E-state index >= 15 is 0 Å². The molecule has 0 bridgehead atoms. The number of aromatic nitrogens is 3. The molecule has 0 saturated carbocycles. The number of aryl methyl sites for hydroxylation is 1. The SMILES string of the molecule is Cc1ccc2nc(CCl)n(-c3cccc(F)c3F)c2n1. The van der Waals surface area contributed by atoms with Crippen molar-refractivity contribution in [3.05, 3.63) is 53.5 Å². The number of pyridine rings is 1. The van der Waals surface area contributed by atoms with Crippen LogP contribution in [0.2, 0.25) is 0 Å². The molecule has 0 aliphatic carbocycles. The molecule has 0 amide bonds. The zero-order valence-electron chi connectivity index (χ0n) is 10.6. The van der Waals surface area contributed by atoms with Gasteiger partial charge in [-0.15, -0.1) is 11.6 Å². The molecule has 3 nitrogen and oxygen atoms in total. The molecule has 1 aromatic carbocycles. The molecule has 3 aromatic rings. The summed E-state index contributed by atoms with van der Waals surface area (Å²) >= 11 is 5.86. The van der Waals surface area contributed by atoms with Gasteiger partial charge in [0.1, 0.15) is 11.3 Å². The Bertz CT molecular complexity index is 798. The lowest BCUT2D eigenvalue weighted by Crippen LogP contribution is -2.04. The number of hydrogen-bond acceptors (Lipinski definition) is 2. The van der Waals surface area contributed by atoms with Crippen LogP contribution in [0, 0.1) is 18.6 Å². The van der Waals surface area contributed by atoms with Crippen molar-refractivity contribution in [2.24, 2.45) is 0 Å². The Morgan fingerprint density at radius 1 is 1.15 bits per heavy atom. The van der Waals surface area contributed by atoms with Gasteiger partial charge in [-0.2, -0.15) is 0 Å². The highest BCUT2D eigenvalue weighted by Gasteiger charge is 2.17. The van der Waals surface area contributed by atoms with E-state index in [0.29, 0.717) is 17.0 Å². The van der Waals surface area contributed by atoms with E-state index in [2.05, 4.69) is 9.97 Å². The van der Waals surface area contributed by atoms with Gasteiger partial charge in [-0.05, 0) is 31.2 Å². The molecule has 0 spiro atoms. The topological polar surface area (TPSA) is 30.7 Å². The molecule has 20 heavy (non-hydrogen) atoms. The van der Waals surface area contributed by atoms with E-state index in [0.717, 1.165) is 11.8 Å². The van der Waals surface area contributed by atoms with Gasteiger partial charge in [-0.25, -0.2) is 18.7 Å². The minimum absolute atomic E-state index is 0.0567. The first-order valence-electron chi connectivity index (χ1n) is 5.97. The summed E-state index contributed by atoms with van der Waals surface area (Å²) in [5.74, 6) is -1.37. The van der Waals surface area contributed by atoms with E-state index in [9.17, 15) is 8.78 Å². The molecule has 0 radical (unpaired) electrons. The largest absolute Gasteiger partial charge is 0.277 e. The summed E-state index contributed by atoms with van der Waals surface area (Å²) in [6, 6.07) is 7.56. The summed E-state index contributed by atoms with van der Waals surface area (Å²) in [5, 5.41) is 0. The Kier molecular flexibility index (Phi) is 3.14. The van der Waals surface area contributed by atoms with Crippen LogP contribution < -0.4 is 0 Å². The smallest absolute Gasteiger partial charge is 0.182 e. The standard InChI is InChI=1S/C14H10ClF2N3/c1-8-5-6-10-14(18-8)20(12(7-15)19-10)11-4-2-3-9(16)13(11)17/h2-6H,7H2,1H3. The maximum Gasteiger partial charge on any atom is 0.182 e. The molecule has 0 saturated heterocycles. The van der Waals surface area contributed by atoms with Crippen LogP contribution in [0.25, 0.3) is 16.9 Å². The third-order valence-corrected chi connectivity index (χ3v) is 3.24. The predicted octanol–water partition coefficient (Wildman–Crippen LogP) is 3.75. The number of alkyl halides is 1. The first-order valence-corrected chi connectivity index (χ1v) is 6.50. The molecule has 6 heteroatoms. The van der Waals surface area contributed by atoms with E-state index in [1.807, 2.05) is 6.92 Å². The van der Waals surface area contributed by atoms with Crippen LogP contribution in [-0.4, -0.2) is 14.5 Å². The number of imidazole rings is 1. The van der Waals surface area contributed by atoms with Crippen LogP contribution in [-0.2, 0) is 5.88 Å². The maximum absolute atomic E-state index is 14.0. The van der Waals surface area contributed by atoms with Crippen molar-refractivity contribution in [1.82, 2.24) is 14.5 Å². The minimum Gasteiger partial charge on any atom is -0.277 e. The van der Waals surface area contributed by atoms with Crippen LogP contribution in [0.15, 0.2) is 30.3 Å². The number of nitrogens with zero attached hydrogens (tertiary/aromatic N) is 3. The van der Waals surface area contributed by atoms with E-state index in [1.165, 1.54) is 16.7 Å². The first kappa shape index (κ1) is 13.0. The van der Waals surface area contributed by atoms with Crippen molar-refractivity contribution in [1.29, 1.82) is 0 Å². The second-order valence-electron chi connectivity index (χ2n) is 4.37. The number of fused-ring (bicyclic) bond motifs is 1. The summed E-state index contributed by atoms with van der Waals surface area (Å²) < 4.78 is 28.9. The number of halogens is 3. The van der Waals surface area contributed by atoms with Crippen LogP contribution in [0.4, 0.5) is 8.78 Å². The lowest BCUT2D eigenvalue weighted by molar-refractivity contribution is 0.504. The molecule has 0 aliphatic heterocycles. The third kappa shape index (κ3) is 1.94. The molecule has 2 aromatic heterocycles. The van der Waals surface area contributed by atoms with Gasteiger partial charge in [0, 0.05) is 5.69 Å². The van der Waals surface area contributed by atoms with Gasteiger partial charge in [-0.3, -0.25) is 4.57 Å². The Morgan fingerprint density at radius 3 is 2.70 bits per heavy atom. The van der Waals surface area contributed by atoms with Crippen molar-refractivity contribution < 1.29 is 8.78 Å². The van der Waals surface area contributed by atoms with Crippen molar-refractivity contribution in [2.45, 2.75) is 12.8 Å².